The van der Waals surface area contributed by atoms with Gasteiger partial charge in [0.1, 0.15) is 0 Å². The second-order valence-electron chi connectivity index (χ2n) is 3.56. The molecule has 1 N–H and O–H groups in total. The van der Waals surface area contributed by atoms with Crippen molar-refractivity contribution in [3.63, 3.8) is 0 Å². The van der Waals surface area contributed by atoms with E-state index < -0.39 is 23.2 Å². The van der Waals surface area contributed by atoms with E-state index in [1.165, 1.54) is 0 Å². The highest BCUT2D eigenvalue weighted by Gasteiger charge is 2.14. The van der Waals surface area contributed by atoms with Gasteiger partial charge in [0.15, 0.2) is 0 Å². The lowest BCUT2D eigenvalue weighted by Gasteiger charge is -2.04. The van der Waals surface area contributed by atoms with Crippen LogP contribution in [-0.2, 0) is 4.74 Å². The summed E-state index contributed by atoms with van der Waals surface area (Å²) in [5, 5.41) is 0. The number of carbonyl (C=O) groups is 1. The van der Waals surface area contributed by atoms with E-state index in [0.717, 1.165) is 4.57 Å². The van der Waals surface area contributed by atoms with Crippen LogP contribution in [0.5, 0.6) is 0 Å². The van der Waals surface area contributed by atoms with Crippen LogP contribution in [0.25, 0.3) is 5.69 Å². The van der Waals surface area contributed by atoms with Gasteiger partial charge in [0, 0.05) is 0 Å². The SMILES string of the molecule is CCOC(=O)c1nc(=O)n(-c2ccccc2)c(=O)[nH]1. The Hall–Kier alpha value is -2.70. The Morgan fingerprint density at radius 2 is 2.00 bits per heavy atom. The lowest BCUT2D eigenvalue weighted by molar-refractivity contribution is 0.0510. The summed E-state index contributed by atoms with van der Waals surface area (Å²) in [5.41, 5.74) is -1.20. The van der Waals surface area contributed by atoms with E-state index in [4.69, 9.17) is 0 Å². The summed E-state index contributed by atoms with van der Waals surface area (Å²) >= 11 is 0. The highest BCUT2D eigenvalue weighted by Crippen LogP contribution is 1.99. The van der Waals surface area contributed by atoms with Gasteiger partial charge in [-0.2, -0.15) is 4.98 Å². The molecule has 0 atom stereocenters. The molecule has 0 bridgehead atoms. The molecule has 7 nitrogen and oxygen atoms in total. The van der Waals surface area contributed by atoms with Crippen LogP contribution in [-0.4, -0.2) is 27.1 Å². The first-order valence-corrected chi connectivity index (χ1v) is 5.59. The summed E-state index contributed by atoms with van der Waals surface area (Å²) in [5.74, 6) is -1.24. The zero-order valence-corrected chi connectivity index (χ0v) is 10.1. The van der Waals surface area contributed by atoms with Crippen molar-refractivity contribution in [3.8, 4) is 5.69 Å². The van der Waals surface area contributed by atoms with E-state index in [-0.39, 0.29) is 6.61 Å². The summed E-state index contributed by atoms with van der Waals surface area (Å²) < 4.78 is 5.50. The van der Waals surface area contributed by atoms with Gasteiger partial charge < -0.3 is 4.74 Å². The van der Waals surface area contributed by atoms with Crippen LogP contribution < -0.4 is 11.4 Å². The van der Waals surface area contributed by atoms with Gasteiger partial charge in [0.25, 0.3) is 0 Å². The maximum absolute atomic E-state index is 11.8. The molecular formula is C12H11N3O4. The molecule has 0 saturated heterocycles. The van der Waals surface area contributed by atoms with E-state index in [9.17, 15) is 14.4 Å². The van der Waals surface area contributed by atoms with Crippen LogP contribution >= 0.6 is 0 Å². The number of esters is 1. The smallest absolute Gasteiger partial charge is 0.374 e. The minimum Gasteiger partial charge on any atom is -0.460 e. The number of carbonyl (C=O) groups excluding carboxylic acids is 1. The number of nitrogens with one attached hydrogen (secondary N) is 1. The molecule has 1 aromatic heterocycles. The average Bonchev–Trinajstić information content (AvgIpc) is 2.39. The first-order chi connectivity index (χ1) is 9.13. The molecule has 0 aliphatic carbocycles. The molecule has 0 aliphatic heterocycles. The van der Waals surface area contributed by atoms with Crippen molar-refractivity contribution in [2.75, 3.05) is 6.61 Å². The molecule has 0 saturated carbocycles. The van der Waals surface area contributed by atoms with Crippen molar-refractivity contribution < 1.29 is 9.53 Å². The molecule has 0 aliphatic rings. The monoisotopic (exact) mass is 261 g/mol. The standard InChI is InChI=1S/C12H11N3O4/c1-2-19-10(16)9-13-11(17)15(12(18)14-9)8-6-4-3-5-7-8/h3-7H,2H2,1H3,(H,13,14,17,18). The van der Waals surface area contributed by atoms with Gasteiger partial charge in [-0.15, -0.1) is 0 Å². The molecule has 7 heteroatoms. The number of aromatic nitrogens is 3. The van der Waals surface area contributed by atoms with Gasteiger partial charge in [-0.25, -0.2) is 19.0 Å². The van der Waals surface area contributed by atoms with E-state index in [2.05, 4.69) is 14.7 Å². The molecule has 1 aromatic carbocycles. The second-order valence-corrected chi connectivity index (χ2v) is 3.56. The van der Waals surface area contributed by atoms with Gasteiger partial charge in [0.05, 0.1) is 12.3 Å². The molecule has 0 fully saturated rings. The fraction of sp³-hybridized carbons (Fsp3) is 0.167. The van der Waals surface area contributed by atoms with Crippen LogP contribution in [0.4, 0.5) is 0 Å². The Kier molecular flexibility index (Phi) is 3.56. The normalized spacial score (nSPS) is 10.2. The molecule has 19 heavy (non-hydrogen) atoms. The lowest BCUT2D eigenvalue weighted by atomic mass is 10.3. The van der Waals surface area contributed by atoms with Crippen LogP contribution in [0.2, 0.25) is 0 Å². The third-order valence-corrected chi connectivity index (χ3v) is 2.31. The van der Waals surface area contributed by atoms with Crippen LogP contribution in [0, 0.1) is 0 Å². The van der Waals surface area contributed by atoms with Gasteiger partial charge in [-0.05, 0) is 19.1 Å². The summed E-state index contributed by atoms with van der Waals surface area (Å²) in [6.07, 6.45) is 0. The first kappa shape index (κ1) is 12.7. The summed E-state index contributed by atoms with van der Waals surface area (Å²) in [6, 6.07) is 8.29. The first-order valence-electron chi connectivity index (χ1n) is 5.59. The molecule has 2 rings (SSSR count). The third kappa shape index (κ3) is 2.59. The number of nitrogens with zero attached hydrogens (tertiary/aromatic N) is 2. The van der Waals surface area contributed by atoms with Gasteiger partial charge in [0.2, 0.25) is 5.82 Å². The molecule has 2 aromatic rings. The molecule has 1 heterocycles. The summed E-state index contributed by atoms with van der Waals surface area (Å²) in [6.45, 7) is 1.74. The van der Waals surface area contributed by atoms with E-state index in [1.807, 2.05) is 0 Å². The number of H-pyrrole nitrogens is 1. The summed E-state index contributed by atoms with van der Waals surface area (Å²) in [7, 11) is 0. The van der Waals surface area contributed by atoms with Crippen molar-refractivity contribution in [1.29, 1.82) is 0 Å². The fourth-order valence-corrected chi connectivity index (χ4v) is 1.52. The molecule has 98 valence electrons. The Balaban J connectivity index is 2.53. The van der Waals surface area contributed by atoms with Crippen molar-refractivity contribution in [2.45, 2.75) is 6.92 Å². The Bertz CT molecular complexity index is 672. The topological polar surface area (TPSA) is 94.0 Å². The number of para-hydroxylation sites is 1. The van der Waals surface area contributed by atoms with Crippen LogP contribution in [0.15, 0.2) is 39.9 Å². The fourth-order valence-electron chi connectivity index (χ4n) is 1.52. The Morgan fingerprint density at radius 1 is 1.32 bits per heavy atom. The van der Waals surface area contributed by atoms with E-state index >= 15 is 0 Å². The quantitative estimate of drug-likeness (QED) is 0.791. The predicted octanol–water partition coefficient (Wildman–Crippen LogP) is 0.0975. The molecular weight excluding hydrogens is 250 g/mol. The minimum absolute atomic E-state index is 0.129. The van der Waals surface area contributed by atoms with E-state index in [0.29, 0.717) is 5.69 Å². The zero-order chi connectivity index (χ0) is 13.8. The molecule has 0 amide bonds. The van der Waals surface area contributed by atoms with Gasteiger partial charge in [-0.1, -0.05) is 18.2 Å². The molecule has 0 unspecified atom stereocenters. The number of aromatic amines is 1. The minimum atomic E-state index is -0.836. The van der Waals surface area contributed by atoms with Gasteiger partial charge in [-0.3, -0.25) is 4.98 Å². The predicted molar refractivity (Wildman–Crippen MR) is 66.4 cm³/mol. The van der Waals surface area contributed by atoms with Crippen molar-refractivity contribution in [2.24, 2.45) is 0 Å². The third-order valence-electron chi connectivity index (χ3n) is 2.31. The number of hydrogen-bond donors (Lipinski definition) is 1. The lowest BCUT2D eigenvalue weighted by Crippen LogP contribution is -2.38. The summed E-state index contributed by atoms with van der Waals surface area (Å²) in [4.78, 5) is 40.7. The number of rotatable bonds is 3. The number of hydrogen-bond acceptors (Lipinski definition) is 5. The van der Waals surface area contributed by atoms with Crippen molar-refractivity contribution in [3.05, 3.63) is 57.1 Å². The largest absolute Gasteiger partial charge is 0.460 e. The Morgan fingerprint density at radius 3 is 2.58 bits per heavy atom. The zero-order valence-electron chi connectivity index (χ0n) is 10.1. The van der Waals surface area contributed by atoms with E-state index in [1.54, 1.807) is 37.3 Å². The van der Waals surface area contributed by atoms with Crippen LogP contribution in [0.1, 0.15) is 17.5 Å². The maximum Gasteiger partial charge on any atom is 0.374 e. The molecule has 0 spiro atoms. The van der Waals surface area contributed by atoms with Crippen molar-refractivity contribution in [1.82, 2.24) is 14.5 Å². The average molecular weight is 261 g/mol. The van der Waals surface area contributed by atoms with Crippen molar-refractivity contribution >= 4 is 5.97 Å². The highest BCUT2D eigenvalue weighted by molar-refractivity contribution is 5.84. The maximum atomic E-state index is 11.8. The second kappa shape index (κ2) is 5.30. The van der Waals surface area contributed by atoms with Gasteiger partial charge >= 0.3 is 17.3 Å². The number of ether oxygens (including phenoxy) is 1. The Labute approximate surface area is 107 Å². The number of benzene rings is 1. The molecule has 0 radical (unpaired) electrons. The highest BCUT2D eigenvalue weighted by atomic mass is 16.5. The van der Waals surface area contributed by atoms with Crippen LogP contribution in [0.3, 0.4) is 0 Å².